The molecule has 0 heterocycles. The number of alkyl halides is 3. The number of carbonyl (C=O) groups excluding carboxylic acids is 1. The smallest absolute Gasteiger partial charge is 0.392 e. The first-order chi connectivity index (χ1) is 7.81. The van der Waals surface area contributed by atoms with Crippen molar-refractivity contribution in [1.82, 2.24) is 0 Å². The Morgan fingerprint density at radius 3 is 2.59 bits per heavy atom. The van der Waals surface area contributed by atoms with E-state index in [1.54, 1.807) is 0 Å². The van der Waals surface area contributed by atoms with E-state index in [-0.39, 0.29) is 15.8 Å². The van der Waals surface area contributed by atoms with Gasteiger partial charge in [-0.15, -0.1) is 0 Å². The molecular weight excluding hydrogens is 305 g/mol. The molecule has 0 aliphatic rings. The largest absolute Gasteiger partial charge is 0.507 e. The molecule has 0 saturated carbocycles. The lowest BCUT2D eigenvalue weighted by Gasteiger charge is -2.09. The summed E-state index contributed by atoms with van der Waals surface area (Å²) in [5.41, 5.74) is -0.185. The van der Waals surface area contributed by atoms with Crippen molar-refractivity contribution in [2.75, 3.05) is 6.61 Å². The van der Waals surface area contributed by atoms with Gasteiger partial charge >= 0.3 is 12.1 Å². The number of ether oxygens (including phenoxy) is 1. The average molecular weight is 313 g/mol. The zero-order valence-corrected chi connectivity index (χ0v) is 10.0. The van der Waals surface area contributed by atoms with Gasteiger partial charge in [-0.05, 0) is 28.1 Å². The lowest BCUT2D eigenvalue weighted by Crippen LogP contribution is -2.15. The minimum Gasteiger partial charge on any atom is -0.507 e. The molecule has 1 rings (SSSR count). The normalized spacial score (nSPS) is 11.3. The molecule has 1 aromatic rings. The van der Waals surface area contributed by atoms with Gasteiger partial charge in [0, 0.05) is 4.47 Å². The van der Waals surface area contributed by atoms with Crippen molar-refractivity contribution < 1.29 is 27.8 Å². The molecule has 17 heavy (non-hydrogen) atoms. The summed E-state index contributed by atoms with van der Waals surface area (Å²) in [5.74, 6) is -1.35. The molecule has 3 nitrogen and oxygen atoms in total. The van der Waals surface area contributed by atoms with E-state index in [9.17, 15) is 23.1 Å². The van der Waals surface area contributed by atoms with Crippen LogP contribution in [0.1, 0.15) is 16.8 Å². The maximum atomic E-state index is 11.8. The number of phenolic OH excluding ortho intramolecular Hbond substituents is 1. The van der Waals surface area contributed by atoms with E-state index in [0.717, 1.165) is 0 Å². The van der Waals surface area contributed by atoms with Crippen LogP contribution in [0.15, 0.2) is 22.7 Å². The fourth-order valence-electron chi connectivity index (χ4n) is 1.05. The highest BCUT2D eigenvalue weighted by Crippen LogP contribution is 2.27. The van der Waals surface area contributed by atoms with Crippen LogP contribution in [-0.2, 0) is 4.74 Å². The van der Waals surface area contributed by atoms with E-state index in [0.29, 0.717) is 0 Å². The molecule has 0 unspecified atom stereocenters. The van der Waals surface area contributed by atoms with Crippen LogP contribution < -0.4 is 0 Å². The second-order valence-corrected chi connectivity index (χ2v) is 3.99. The SMILES string of the molecule is O=C(OCCC(F)(F)F)c1c(O)cccc1Br. The van der Waals surface area contributed by atoms with E-state index >= 15 is 0 Å². The van der Waals surface area contributed by atoms with Crippen molar-refractivity contribution in [2.45, 2.75) is 12.6 Å². The Labute approximate surface area is 103 Å². The second kappa shape index (κ2) is 5.39. The molecule has 0 saturated heterocycles. The van der Waals surface area contributed by atoms with Gasteiger partial charge in [0.25, 0.3) is 0 Å². The van der Waals surface area contributed by atoms with Gasteiger partial charge in [-0.25, -0.2) is 4.79 Å². The van der Waals surface area contributed by atoms with Gasteiger partial charge in [0.1, 0.15) is 17.9 Å². The van der Waals surface area contributed by atoms with Gasteiger partial charge in [0.15, 0.2) is 0 Å². The first-order valence-electron chi connectivity index (χ1n) is 4.52. The van der Waals surface area contributed by atoms with E-state index in [1.807, 2.05) is 0 Å². The topological polar surface area (TPSA) is 46.5 Å². The second-order valence-electron chi connectivity index (χ2n) is 3.14. The van der Waals surface area contributed by atoms with Crippen molar-refractivity contribution in [2.24, 2.45) is 0 Å². The molecule has 0 atom stereocenters. The molecule has 0 radical (unpaired) electrons. The fraction of sp³-hybridized carbons (Fsp3) is 0.300. The third-order valence-electron chi connectivity index (χ3n) is 1.81. The van der Waals surface area contributed by atoms with Crippen LogP contribution >= 0.6 is 15.9 Å². The molecule has 1 aromatic carbocycles. The Hall–Kier alpha value is -1.24. The molecule has 0 aliphatic carbocycles. The lowest BCUT2D eigenvalue weighted by molar-refractivity contribution is -0.141. The number of carbonyl (C=O) groups is 1. The number of hydrogen-bond donors (Lipinski definition) is 1. The van der Waals surface area contributed by atoms with E-state index in [4.69, 9.17) is 0 Å². The van der Waals surface area contributed by atoms with Crippen LogP contribution in [0.3, 0.4) is 0 Å². The Morgan fingerprint density at radius 1 is 1.41 bits per heavy atom. The van der Waals surface area contributed by atoms with Crippen molar-refractivity contribution in [3.8, 4) is 5.75 Å². The van der Waals surface area contributed by atoms with Gasteiger partial charge in [-0.2, -0.15) is 13.2 Å². The Balaban J connectivity index is 2.65. The Bertz CT molecular complexity index is 397. The fourth-order valence-corrected chi connectivity index (χ4v) is 1.56. The molecule has 0 amide bonds. The number of halogens is 4. The van der Waals surface area contributed by atoms with E-state index in [2.05, 4.69) is 20.7 Å². The number of esters is 1. The summed E-state index contributed by atoms with van der Waals surface area (Å²) >= 11 is 3.00. The van der Waals surface area contributed by atoms with Crippen molar-refractivity contribution >= 4 is 21.9 Å². The monoisotopic (exact) mass is 312 g/mol. The summed E-state index contributed by atoms with van der Waals surface area (Å²) in [5, 5.41) is 9.37. The van der Waals surface area contributed by atoms with E-state index in [1.165, 1.54) is 18.2 Å². The minimum absolute atomic E-state index is 0.185. The molecule has 0 spiro atoms. The molecule has 0 aromatic heterocycles. The number of rotatable bonds is 3. The summed E-state index contributed by atoms with van der Waals surface area (Å²) in [6, 6.07) is 4.19. The van der Waals surface area contributed by atoms with Crippen molar-refractivity contribution in [1.29, 1.82) is 0 Å². The highest BCUT2D eigenvalue weighted by molar-refractivity contribution is 9.10. The molecular formula is C10H8BrF3O3. The third kappa shape index (κ3) is 4.26. The quantitative estimate of drug-likeness (QED) is 0.871. The van der Waals surface area contributed by atoms with Gasteiger partial charge in [0.2, 0.25) is 0 Å². The van der Waals surface area contributed by atoms with Gasteiger partial charge in [-0.3, -0.25) is 0 Å². The van der Waals surface area contributed by atoms with Crippen molar-refractivity contribution in [3.05, 3.63) is 28.2 Å². The maximum Gasteiger partial charge on any atom is 0.392 e. The molecule has 1 N–H and O–H groups in total. The van der Waals surface area contributed by atoms with Crippen molar-refractivity contribution in [3.63, 3.8) is 0 Å². The number of phenols is 1. The predicted octanol–water partition coefficient (Wildman–Crippen LogP) is 3.26. The van der Waals surface area contributed by atoms with Crippen LogP contribution in [0.5, 0.6) is 5.75 Å². The zero-order valence-electron chi connectivity index (χ0n) is 8.42. The summed E-state index contributed by atoms with van der Waals surface area (Å²) in [4.78, 5) is 11.4. The zero-order chi connectivity index (χ0) is 13.1. The Morgan fingerprint density at radius 2 is 2.06 bits per heavy atom. The van der Waals surface area contributed by atoms with Crippen LogP contribution in [0.2, 0.25) is 0 Å². The van der Waals surface area contributed by atoms with Gasteiger partial charge in [0.05, 0.1) is 6.42 Å². The maximum absolute atomic E-state index is 11.8. The average Bonchev–Trinajstić information content (AvgIpc) is 2.15. The summed E-state index contributed by atoms with van der Waals surface area (Å²) in [6.45, 7) is -0.775. The van der Waals surface area contributed by atoms with E-state index < -0.39 is 25.2 Å². The highest BCUT2D eigenvalue weighted by atomic mass is 79.9. The lowest BCUT2D eigenvalue weighted by atomic mass is 10.2. The molecule has 0 fully saturated rings. The summed E-state index contributed by atoms with van der Waals surface area (Å²) in [6.07, 6.45) is -5.60. The van der Waals surface area contributed by atoms with Crippen LogP contribution in [0.25, 0.3) is 0 Å². The predicted molar refractivity (Wildman–Crippen MR) is 56.8 cm³/mol. The molecule has 0 aliphatic heterocycles. The highest BCUT2D eigenvalue weighted by Gasteiger charge is 2.28. The number of benzene rings is 1. The first kappa shape index (κ1) is 13.8. The minimum atomic E-state index is -4.38. The molecule has 7 heteroatoms. The standard InChI is InChI=1S/C10H8BrF3O3/c11-6-2-1-3-7(15)8(6)9(16)17-5-4-10(12,13)14/h1-3,15H,4-5H2. The van der Waals surface area contributed by atoms with Gasteiger partial charge in [-0.1, -0.05) is 6.07 Å². The molecule has 0 bridgehead atoms. The van der Waals surface area contributed by atoms with Crippen LogP contribution in [0.4, 0.5) is 13.2 Å². The van der Waals surface area contributed by atoms with Gasteiger partial charge < -0.3 is 9.84 Å². The third-order valence-corrected chi connectivity index (χ3v) is 2.48. The number of aromatic hydroxyl groups is 1. The summed E-state index contributed by atoms with van der Waals surface area (Å²) in [7, 11) is 0. The first-order valence-corrected chi connectivity index (χ1v) is 5.32. The van der Waals surface area contributed by atoms with Crippen LogP contribution in [-0.4, -0.2) is 23.9 Å². The summed E-state index contributed by atoms with van der Waals surface area (Å²) < 4.78 is 40.1. The molecule has 94 valence electrons. The Kier molecular flexibility index (Phi) is 4.39. The van der Waals surface area contributed by atoms with Crippen LogP contribution in [0, 0.1) is 0 Å². The number of hydrogen-bond acceptors (Lipinski definition) is 3.